The topological polar surface area (TPSA) is 17.1 Å². The molecule has 1 heterocycles. The van der Waals surface area contributed by atoms with Gasteiger partial charge in [0.15, 0.2) is 0 Å². The van der Waals surface area contributed by atoms with Crippen LogP contribution in [0.15, 0.2) is 30.3 Å². The van der Waals surface area contributed by atoms with Gasteiger partial charge >= 0.3 is 0 Å². The lowest BCUT2D eigenvalue weighted by molar-refractivity contribution is -0.119. The van der Waals surface area contributed by atoms with Crippen molar-refractivity contribution in [3.05, 3.63) is 74.8 Å². The van der Waals surface area contributed by atoms with Gasteiger partial charge in [-0.25, -0.2) is 0 Å². The normalized spacial score (nSPS) is 17.7. The van der Waals surface area contributed by atoms with E-state index in [0.717, 1.165) is 6.16 Å². The average Bonchev–Trinajstić information content (AvgIpc) is 2.77. The first-order chi connectivity index (χ1) is 16.3. The molecule has 0 spiro atoms. The molecular weight excluding hydrogens is 443 g/mol. The third-order valence-electron chi connectivity index (χ3n) is 8.55. The molecule has 0 aliphatic carbocycles. The van der Waals surface area contributed by atoms with Crippen LogP contribution < -0.4 is 5.30 Å². The Morgan fingerprint density at radius 2 is 1.09 bits per heavy atom. The van der Waals surface area contributed by atoms with Crippen LogP contribution >= 0.6 is 7.92 Å². The Morgan fingerprint density at radius 1 is 0.686 bits per heavy atom. The lowest BCUT2D eigenvalue weighted by atomic mass is 9.85. The lowest BCUT2D eigenvalue weighted by Crippen LogP contribution is -2.34. The van der Waals surface area contributed by atoms with Crippen LogP contribution in [0.25, 0.3) is 22.3 Å². The van der Waals surface area contributed by atoms with Gasteiger partial charge in [0.05, 0.1) is 0 Å². The maximum absolute atomic E-state index is 12.6. The number of benzene rings is 3. The summed E-state index contributed by atoms with van der Waals surface area (Å²) in [6.07, 6.45) is 2.37. The van der Waals surface area contributed by atoms with Crippen molar-refractivity contribution in [3.63, 3.8) is 0 Å². The Labute approximate surface area is 214 Å². The van der Waals surface area contributed by atoms with Crippen LogP contribution in [0.1, 0.15) is 71.2 Å². The second-order valence-electron chi connectivity index (χ2n) is 11.4. The Hall–Kier alpha value is -2.24. The number of Topliss-reactive ketones (excluding diaryl/α,β-unsaturated/α-hetero) is 1. The first-order valence-corrected chi connectivity index (χ1v) is 14.5. The van der Waals surface area contributed by atoms with Gasteiger partial charge in [-0.15, -0.1) is 0 Å². The van der Waals surface area contributed by atoms with E-state index in [4.69, 9.17) is 0 Å². The summed E-state index contributed by atoms with van der Waals surface area (Å²) in [5.41, 5.74) is 16.5. The van der Waals surface area contributed by atoms with Crippen LogP contribution in [-0.4, -0.2) is 17.1 Å². The van der Waals surface area contributed by atoms with E-state index in [1.807, 2.05) is 0 Å². The number of ketones is 1. The number of carbonyl (C=O) groups excluding carboxylic acids is 1. The van der Waals surface area contributed by atoms with Crippen molar-refractivity contribution < 1.29 is 4.79 Å². The van der Waals surface area contributed by atoms with Crippen LogP contribution in [0, 0.1) is 55.4 Å². The van der Waals surface area contributed by atoms with Crippen LogP contribution in [0.3, 0.4) is 0 Å². The van der Waals surface area contributed by atoms with Crippen molar-refractivity contribution in [3.8, 4) is 22.3 Å². The van der Waals surface area contributed by atoms with Crippen LogP contribution in [0.2, 0.25) is 0 Å². The highest BCUT2D eigenvalue weighted by Gasteiger charge is 2.39. The van der Waals surface area contributed by atoms with Crippen molar-refractivity contribution in [2.75, 3.05) is 6.16 Å². The molecule has 0 aromatic heterocycles. The third kappa shape index (κ3) is 4.42. The van der Waals surface area contributed by atoms with Crippen molar-refractivity contribution >= 4 is 19.0 Å². The summed E-state index contributed by atoms with van der Waals surface area (Å²) in [5.74, 6) is 0.422. The van der Waals surface area contributed by atoms with Gasteiger partial charge < -0.3 is 0 Å². The van der Waals surface area contributed by atoms with Crippen molar-refractivity contribution in [2.45, 2.75) is 87.2 Å². The Kier molecular flexibility index (Phi) is 6.89. The van der Waals surface area contributed by atoms with Crippen molar-refractivity contribution in [1.82, 2.24) is 0 Å². The minimum absolute atomic E-state index is 0.0170. The fourth-order valence-electron chi connectivity index (χ4n) is 6.10. The standard InChI is InChI=1S/C33H41OP/c1-19-16-20(2)24(6)30(23(19)5)28-12-11-13-29(31-25(7)21(3)17-22(4)26(31)8)32(28)35-15-14-27(34)18-33(35,9)10/h11-13,16-17H,14-15,18H2,1-10H3. The summed E-state index contributed by atoms with van der Waals surface area (Å²) in [6, 6.07) is 11.6. The summed E-state index contributed by atoms with van der Waals surface area (Å²) in [4.78, 5) is 12.6. The molecule has 3 aromatic rings. The van der Waals surface area contributed by atoms with E-state index in [-0.39, 0.29) is 5.16 Å². The molecular formula is C33H41OP. The molecule has 3 aromatic carbocycles. The summed E-state index contributed by atoms with van der Waals surface area (Å²) in [5, 5.41) is 1.49. The predicted molar refractivity (Wildman–Crippen MR) is 155 cm³/mol. The van der Waals surface area contributed by atoms with Gasteiger partial charge in [0, 0.05) is 12.8 Å². The number of hydrogen-bond donors (Lipinski definition) is 0. The largest absolute Gasteiger partial charge is 0.300 e. The summed E-state index contributed by atoms with van der Waals surface area (Å²) in [7, 11) is -0.534. The predicted octanol–water partition coefficient (Wildman–Crippen LogP) is 8.74. The molecule has 1 saturated heterocycles. The van der Waals surface area contributed by atoms with Gasteiger partial charge in [0.1, 0.15) is 5.78 Å². The second-order valence-corrected chi connectivity index (χ2v) is 14.4. The molecule has 1 nitrogen and oxygen atoms in total. The molecule has 0 saturated carbocycles. The number of hydrogen-bond acceptors (Lipinski definition) is 1. The van der Waals surface area contributed by atoms with Crippen LogP contribution in [0.4, 0.5) is 0 Å². The third-order valence-corrected chi connectivity index (χ3v) is 11.9. The Balaban J connectivity index is 2.16. The highest BCUT2D eigenvalue weighted by molar-refractivity contribution is 7.68. The maximum Gasteiger partial charge on any atom is 0.134 e. The highest BCUT2D eigenvalue weighted by atomic mass is 31.1. The first-order valence-electron chi connectivity index (χ1n) is 12.9. The van der Waals surface area contributed by atoms with Crippen LogP contribution in [0.5, 0.6) is 0 Å². The number of aryl methyl sites for hydroxylation is 4. The number of rotatable bonds is 3. The molecule has 4 rings (SSSR count). The molecule has 1 aliphatic rings. The maximum atomic E-state index is 12.6. The van der Waals surface area contributed by atoms with Gasteiger partial charge in [-0.2, -0.15) is 0 Å². The summed E-state index contributed by atoms with van der Waals surface area (Å²) in [6.45, 7) is 22.7. The second kappa shape index (κ2) is 9.33. The molecule has 0 amide bonds. The van der Waals surface area contributed by atoms with Gasteiger partial charge in [-0.3, -0.25) is 4.79 Å². The molecule has 1 atom stereocenters. The van der Waals surface area contributed by atoms with Gasteiger partial charge in [-0.1, -0.05) is 52.1 Å². The fourth-order valence-corrected chi connectivity index (χ4v) is 9.33. The average molecular weight is 485 g/mol. The zero-order valence-corrected chi connectivity index (χ0v) is 24.3. The fraction of sp³-hybridized carbons (Fsp3) is 0.424. The SMILES string of the molecule is Cc1cc(C)c(C)c(-c2cccc(-c3c(C)c(C)cc(C)c3C)c2P2CCC(=O)CC2(C)C)c1C. The van der Waals surface area contributed by atoms with E-state index in [1.54, 1.807) is 0 Å². The zero-order chi connectivity index (χ0) is 25.8. The minimum atomic E-state index is -0.534. The van der Waals surface area contributed by atoms with Gasteiger partial charge in [0.2, 0.25) is 0 Å². The lowest BCUT2D eigenvalue weighted by Gasteiger charge is -2.41. The highest BCUT2D eigenvalue weighted by Crippen LogP contribution is 2.57. The van der Waals surface area contributed by atoms with E-state index < -0.39 is 7.92 Å². The quantitative estimate of drug-likeness (QED) is 0.340. The molecule has 1 aliphatic heterocycles. The van der Waals surface area contributed by atoms with Crippen molar-refractivity contribution in [2.24, 2.45) is 0 Å². The molecule has 1 fully saturated rings. The van der Waals surface area contributed by atoms with Crippen molar-refractivity contribution in [1.29, 1.82) is 0 Å². The van der Waals surface area contributed by atoms with Gasteiger partial charge in [-0.05, 0) is 139 Å². The molecule has 35 heavy (non-hydrogen) atoms. The smallest absolute Gasteiger partial charge is 0.134 e. The monoisotopic (exact) mass is 484 g/mol. The molecule has 0 bridgehead atoms. The first kappa shape index (κ1) is 25.8. The van der Waals surface area contributed by atoms with E-state index in [2.05, 4.69) is 99.6 Å². The van der Waals surface area contributed by atoms with Gasteiger partial charge in [0.25, 0.3) is 0 Å². The Morgan fingerprint density at radius 3 is 1.46 bits per heavy atom. The van der Waals surface area contributed by atoms with E-state index in [1.165, 1.54) is 72.1 Å². The van der Waals surface area contributed by atoms with E-state index in [9.17, 15) is 4.79 Å². The summed E-state index contributed by atoms with van der Waals surface area (Å²) >= 11 is 0. The number of carbonyl (C=O) groups is 1. The summed E-state index contributed by atoms with van der Waals surface area (Å²) < 4.78 is 0. The zero-order valence-electron chi connectivity index (χ0n) is 23.4. The molecule has 0 radical (unpaired) electrons. The van der Waals surface area contributed by atoms with Crippen LogP contribution in [-0.2, 0) is 4.79 Å². The molecule has 184 valence electrons. The minimum Gasteiger partial charge on any atom is -0.300 e. The van der Waals surface area contributed by atoms with E-state index >= 15 is 0 Å². The Bertz CT molecular complexity index is 1210. The van der Waals surface area contributed by atoms with E-state index in [0.29, 0.717) is 18.6 Å². The molecule has 0 N–H and O–H groups in total. The molecule has 2 heteroatoms. The molecule has 1 unspecified atom stereocenters.